The van der Waals surface area contributed by atoms with Gasteiger partial charge in [-0.15, -0.1) is 0 Å². The number of carbonyl (C=O) groups is 1. The fourth-order valence-electron chi connectivity index (χ4n) is 2.36. The maximum atomic E-state index is 11.8. The second-order valence-electron chi connectivity index (χ2n) is 4.79. The first-order valence-corrected chi connectivity index (χ1v) is 6.92. The smallest absolute Gasteiger partial charge is 0.241 e. The van der Waals surface area contributed by atoms with Crippen LogP contribution in [0, 0.1) is 5.92 Å². The number of hydrogen-bond donors (Lipinski definition) is 1. The Balaban J connectivity index is 1.84. The third-order valence-corrected chi connectivity index (χ3v) is 3.77. The Kier molecular flexibility index (Phi) is 4.20. The SMILES string of the molecule is CC1CCCCC1NC(=O)Cn1cc(Br)cn1. The van der Waals surface area contributed by atoms with Gasteiger partial charge in [0, 0.05) is 12.2 Å². The summed E-state index contributed by atoms with van der Waals surface area (Å²) in [7, 11) is 0. The number of halogens is 1. The first-order chi connectivity index (χ1) is 8.15. The summed E-state index contributed by atoms with van der Waals surface area (Å²) >= 11 is 3.32. The monoisotopic (exact) mass is 299 g/mol. The topological polar surface area (TPSA) is 46.9 Å². The molecular formula is C12H18BrN3O. The maximum absolute atomic E-state index is 11.8. The van der Waals surface area contributed by atoms with E-state index in [0.717, 1.165) is 10.9 Å². The number of hydrogen-bond acceptors (Lipinski definition) is 2. The molecular weight excluding hydrogens is 282 g/mol. The molecule has 0 saturated heterocycles. The van der Waals surface area contributed by atoms with Gasteiger partial charge >= 0.3 is 0 Å². The van der Waals surface area contributed by atoms with Crippen LogP contribution in [0.3, 0.4) is 0 Å². The number of nitrogens with zero attached hydrogens (tertiary/aromatic N) is 2. The van der Waals surface area contributed by atoms with Crippen LogP contribution in [0.5, 0.6) is 0 Å². The molecule has 4 nitrogen and oxygen atoms in total. The molecule has 1 fully saturated rings. The first-order valence-electron chi connectivity index (χ1n) is 6.12. The second-order valence-corrected chi connectivity index (χ2v) is 5.71. The van der Waals surface area contributed by atoms with E-state index in [1.54, 1.807) is 10.9 Å². The van der Waals surface area contributed by atoms with Gasteiger partial charge in [-0.1, -0.05) is 19.8 Å². The molecule has 1 amide bonds. The van der Waals surface area contributed by atoms with Crippen molar-refractivity contribution < 1.29 is 4.79 Å². The Bertz CT molecular complexity index is 391. The molecule has 2 rings (SSSR count). The van der Waals surface area contributed by atoms with E-state index in [4.69, 9.17) is 0 Å². The molecule has 1 saturated carbocycles. The third kappa shape index (κ3) is 3.56. The summed E-state index contributed by atoms with van der Waals surface area (Å²) in [5.74, 6) is 0.649. The molecule has 1 heterocycles. The lowest BCUT2D eigenvalue weighted by molar-refractivity contribution is -0.123. The van der Waals surface area contributed by atoms with Crippen LogP contribution in [-0.4, -0.2) is 21.7 Å². The van der Waals surface area contributed by atoms with Gasteiger partial charge in [-0.3, -0.25) is 9.48 Å². The van der Waals surface area contributed by atoms with Crippen molar-refractivity contribution in [2.75, 3.05) is 0 Å². The van der Waals surface area contributed by atoms with Crippen molar-refractivity contribution in [3.8, 4) is 0 Å². The standard InChI is InChI=1S/C12H18BrN3O/c1-9-4-2-3-5-11(9)15-12(17)8-16-7-10(13)6-14-16/h6-7,9,11H,2-5,8H2,1H3,(H,15,17). The Morgan fingerprint density at radius 3 is 3.00 bits per heavy atom. The van der Waals surface area contributed by atoms with Crippen molar-refractivity contribution >= 4 is 21.8 Å². The zero-order valence-electron chi connectivity index (χ0n) is 10.0. The highest BCUT2D eigenvalue weighted by atomic mass is 79.9. The van der Waals surface area contributed by atoms with E-state index in [-0.39, 0.29) is 5.91 Å². The summed E-state index contributed by atoms with van der Waals surface area (Å²) in [6.45, 7) is 2.52. The third-order valence-electron chi connectivity index (χ3n) is 3.37. The van der Waals surface area contributed by atoms with Crippen LogP contribution >= 0.6 is 15.9 Å². The van der Waals surface area contributed by atoms with Crippen LogP contribution < -0.4 is 5.32 Å². The highest BCUT2D eigenvalue weighted by molar-refractivity contribution is 9.10. The molecule has 1 aliphatic carbocycles. The van der Waals surface area contributed by atoms with Crippen molar-refractivity contribution in [1.29, 1.82) is 0 Å². The van der Waals surface area contributed by atoms with Gasteiger partial charge in [0.15, 0.2) is 0 Å². The molecule has 1 N–H and O–H groups in total. The lowest BCUT2D eigenvalue weighted by Crippen LogP contribution is -2.42. The minimum atomic E-state index is 0.0550. The van der Waals surface area contributed by atoms with E-state index in [2.05, 4.69) is 33.3 Å². The predicted octanol–water partition coefficient (Wildman–Crippen LogP) is 2.34. The summed E-state index contributed by atoms with van der Waals surface area (Å²) in [4.78, 5) is 11.8. The Hall–Kier alpha value is -0.840. The van der Waals surface area contributed by atoms with Crippen molar-refractivity contribution in [3.63, 3.8) is 0 Å². The van der Waals surface area contributed by atoms with Crippen LogP contribution in [0.25, 0.3) is 0 Å². The summed E-state index contributed by atoms with van der Waals surface area (Å²) in [6, 6.07) is 0.343. The number of aromatic nitrogens is 2. The highest BCUT2D eigenvalue weighted by Gasteiger charge is 2.22. The zero-order valence-corrected chi connectivity index (χ0v) is 11.6. The van der Waals surface area contributed by atoms with E-state index >= 15 is 0 Å². The molecule has 0 aromatic carbocycles. The average Bonchev–Trinajstić information content (AvgIpc) is 2.67. The molecule has 0 radical (unpaired) electrons. The van der Waals surface area contributed by atoms with Crippen LogP contribution in [0.15, 0.2) is 16.9 Å². The average molecular weight is 300 g/mol. The van der Waals surface area contributed by atoms with Crippen LogP contribution in [0.2, 0.25) is 0 Å². The lowest BCUT2D eigenvalue weighted by atomic mass is 9.86. The van der Waals surface area contributed by atoms with Gasteiger partial charge in [0.25, 0.3) is 0 Å². The zero-order chi connectivity index (χ0) is 12.3. The maximum Gasteiger partial charge on any atom is 0.241 e. The van der Waals surface area contributed by atoms with E-state index in [1.165, 1.54) is 19.3 Å². The number of rotatable bonds is 3. The summed E-state index contributed by atoms with van der Waals surface area (Å²) in [5, 5.41) is 7.19. The Morgan fingerprint density at radius 1 is 1.59 bits per heavy atom. The molecule has 0 aliphatic heterocycles. The molecule has 94 valence electrons. The second kappa shape index (κ2) is 5.67. The fraction of sp³-hybridized carbons (Fsp3) is 0.667. The van der Waals surface area contributed by atoms with Gasteiger partial charge in [0.1, 0.15) is 6.54 Å². The normalized spacial score (nSPS) is 24.6. The molecule has 1 aromatic heterocycles. The van der Waals surface area contributed by atoms with E-state index in [0.29, 0.717) is 18.5 Å². The van der Waals surface area contributed by atoms with E-state index < -0.39 is 0 Å². The van der Waals surface area contributed by atoms with Gasteiger partial charge in [0.2, 0.25) is 5.91 Å². The molecule has 2 unspecified atom stereocenters. The van der Waals surface area contributed by atoms with Crippen molar-refractivity contribution in [2.24, 2.45) is 5.92 Å². The first kappa shape index (κ1) is 12.6. The molecule has 5 heteroatoms. The molecule has 17 heavy (non-hydrogen) atoms. The van der Waals surface area contributed by atoms with Crippen molar-refractivity contribution in [1.82, 2.24) is 15.1 Å². The molecule has 1 aliphatic rings. The number of nitrogens with one attached hydrogen (secondary N) is 1. The lowest BCUT2D eigenvalue weighted by Gasteiger charge is -2.29. The van der Waals surface area contributed by atoms with E-state index in [1.807, 2.05) is 6.20 Å². The largest absolute Gasteiger partial charge is 0.351 e. The van der Waals surface area contributed by atoms with Crippen LogP contribution in [-0.2, 0) is 11.3 Å². The predicted molar refractivity (Wildman–Crippen MR) is 69.5 cm³/mol. The van der Waals surface area contributed by atoms with Crippen LogP contribution in [0.1, 0.15) is 32.6 Å². The summed E-state index contributed by atoms with van der Waals surface area (Å²) in [6.07, 6.45) is 8.34. The molecule has 1 aromatic rings. The van der Waals surface area contributed by atoms with Gasteiger partial charge in [-0.05, 0) is 34.7 Å². The summed E-state index contributed by atoms with van der Waals surface area (Å²) in [5.41, 5.74) is 0. The van der Waals surface area contributed by atoms with Crippen molar-refractivity contribution in [3.05, 3.63) is 16.9 Å². The highest BCUT2D eigenvalue weighted by Crippen LogP contribution is 2.23. The van der Waals surface area contributed by atoms with Crippen molar-refractivity contribution in [2.45, 2.75) is 45.2 Å². The molecule has 0 bridgehead atoms. The van der Waals surface area contributed by atoms with Gasteiger partial charge in [0.05, 0.1) is 10.7 Å². The van der Waals surface area contributed by atoms with Gasteiger partial charge in [-0.2, -0.15) is 5.10 Å². The minimum absolute atomic E-state index is 0.0550. The number of carbonyl (C=O) groups excluding carboxylic acids is 1. The fourth-order valence-corrected chi connectivity index (χ4v) is 2.68. The molecule has 2 atom stereocenters. The van der Waals surface area contributed by atoms with Crippen LogP contribution in [0.4, 0.5) is 0 Å². The Labute approximate surface area is 110 Å². The van der Waals surface area contributed by atoms with E-state index in [9.17, 15) is 4.79 Å². The van der Waals surface area contributed by atoms with Gasteiger partial charge in [-0.25, -0.2) is 0 Å². The molecule has 0 spiro atoms. The van der Waals surface area contributed by atoms with Gasteiger partial charge < -0.3 is 5.32 Å². The minimum Gasteiger partial charge on any atom is -0.351 e. The number of amides is 1. The quantitative estimate of drug-likeness (QED) is 0.931. The summed E-state index contributed by atoms with van der Waals surface area (Å²) < 4.78 is 2.55. The Morgan fingerprint density at radius 2 is 2.35 bits per heavy atom.